The first-order chi connectivity index (χ1) is 18.5. The molecule has 3 aromatic carbocycles. The van der Waals surface area contributed by atoms with Crippen LogP contribution in [0, 0.1) is 6.92 Å². The van der Waals surface area contributed by atoms with E-state index in [1.165, 1.54) is 15.9 Å². The Balaban J connectivity index is 1.47. The summed E-state index contributed by atoms with van der Waals surface area (Å²) in [5, 5.41) is 9.38. The van der Waals surface area contributed by atoms with Gasteiger partial charge in [0.05, 0.1) is 16.3 Å². The molecule has 3 heterocycles. The molecule has 188 valence electrons. The third-order valence-electron chi connectivity index (χ3n) is 6.07. The molecule has 0 bridgehead atoms. The molecule has 0 amide bonds. The lowest BCUT2D eigenvalue weighted by atomic mass is 10.0. The van der Waals surface area contributed by atoms with Crippen LogP contribution >= 0.6 is 11.3 Å². The summed E-state index contributed by atoms with van der Waals surface area (Å²) in [4.78, 5) is 18.5. The minimum Gasteiger partial charge on any atom is -0.491 e. The molecule has 0 N–H and O–H groups in total. The summed E-state index contributed by atoms with van der Waals surface area (Å²) in [6.45, 7) is 6.05. The number of para-hydroxylation sites is 1. The van der Waals surface area contributed by atoms with Gasteiger partial charge in [-0.2, -0.15) is 14.6 Å². The fraction of sp³-hybridized carbons (Fsp3) is 0.133. The van der Waals surface area contributed by atoms with Crippen molar-refractivity contribution in [3.63, 3.8) is 0 Å². The predicted octanol–water partition coefficient (Wildman–Crippen LogP) is 5.31. The largest absolute Gasteiger partial charge is 0.491 e. The van der Waals surface area contributed by atoms with Gasteiger partial charge in [-0.3, -0.25) is 4.79 Å². The van der Waals surface area contributed by atoms with E-state index in [1.807, 2.05) is 111 Å². The second kappa shape index (κ2) is 9.72. The van der Waals surface area contributed by atoms with Crippen LogP contribution in [-0.4, -0.2) is 30.5 Å². The summed E-state index contributed by atoms with van der Waals surface area (Å²) < 4.78 is 9.69. The van der Waals surface area contributed by atoms with Crippen LogP contribution in [0.25, 0.3) is 39.4 Å². The Hall–Kier alpha value is -4.56. The van der Waals surface area contributed by atoms with Crippen LogP contribution in [0.1, 0.15) is 25.0 Å². The molecule has 6 rings (SSSR count). The van der Waals surface area contributed by atoms with Crippen molar-refractivity contribution in [3.05, 3.63) is 111 Å². The maximum atomic E-state index is 13.3. The fourth-order valence-electron chi connectivity index (χ4n) is 4.30. The van der Waals surface area contributed by atoms with E-state index in [9.17, 15) is 4.79 Å². The molecule has 0 saturated carbocycles. The highest BCUT2D eigenvalue weighted by Gasteiger charge is 2.16. The van der Waals surface area contributed by atoms with Crippen LogP contribution in [0.2, 0.25) is 0 Å². The molecule has 7 nitrogen and oxygen atoms in total. The molecular formula is C30H25N5O2S. The first-order valence-corrected chi connectivity index (χ1v) is 13.2. The third-order valence-corrected chi connectivity index (χ3v) is 7.03. The lowest BCUT2D eigenvalue weighted by Gasteiger charge is -2.13. The van der Waals surface area contributed by atoms with Crippen molar-refractivity contribution in [2.24, 2.45) is 0 Å². The Bertz CT molecular complexity index is 1850. The van der Waals surface area contributed by atoms with Gasteiger partial charge in [-0.1, -0.05) is 59.9 Å². The molecule has 0 aliphatic carbocycles. The molecule has 0 spiro atoms. The van der Waals surface area contributed by atoms with Gasteiger partial charge in [-0.15, -0.1) is 5.10 Å². The number of aryl methyl sites for hydroxylation is 1. The topological polar surface area (TPSA) is 74.3 Å². The van der Waals surface area contributed by atoms with Crippen molar-refractivity contribution in [1.29, 1.82) is 0 Å². The molecule has 0 fully saturated rings. The number of fused-ring (bicyclic) bond motifs is 1. The lowest BCUT2D eigenvalue weighted by Crippen LogP contribution is -2.23. The van der Waals surface area contributed by atoms with Crippen LogP contribution in [0.3, 0.4) is 0 Å². The van der Waals surface area contributed by atoms with E-state index >= 15 is 0 Å². The Morgan fingerprint density at radius 3 is 2.34 bits per heavy atom. The highest BCUT2D eigenvalue weighted by atomic mass is 32.1. The molecule has 0 saturated heterocycles. The fourth-order valence-corrected chi connectivity index (χ4v) is 5.20. The molecular weight excluding hydrogens is 494 g/mol. The van der Waals surface area contributed by atoms with E-state index in [0.29, 0.717) is 15.3 Å². The summed E-state index contributed by atoms with van der Waals surface area (Å²) in [5.74, 6) is 1.38. The molecule has 0 aliphatic rings. The molecule has 0 aliphatic heterocycles. The van der Waals surface area contributed by atoms with E-state index in [2.05, 4.69) is 16.1 Å². The average Bonchev–Trinajstić information content (AvgIpc) is 3.61. The molecule has 0 unspecified atom stereocenters. The number of hydrogen-bond acceptors (Lipinski definition) is 6. The lowest BCUT2D eigenvalue weighted by molar-refractivity contribution is 0.241. The molecule has 0 radical (unpaired) electrons. The van der Waals surface area contributed by atoms with Crippen LogP contribution in [-0.2, 0) is 0 Å². The SMILES string of the molecule is Cc1cc(-c2nn(-c3ccccc3)cc2/C=c2/sc3nc(-c4ccccc4)nn3c2=O)ccc1OC(C)C. The minimum atomic E-state index is -0.199. The van der Waals surface area contributed by atoms with Gasteiger partial charge in [0.15, 0.2) is 5.82 Å². The second-order valence-electron chi connectivity index (χ2n) is 9.27. The number of rotatable bonds is 6. The standard InChI is InChI=1S/C30H25N5O2S/c1-19(2)37-25-15-14-22(16-20(25)3)27-23(18-34(32-27)24-12-8-5-9-13-24)17-26-29(36)35-30(38-26)31-28(33-35)21-10-6-4-7-11-21/h4-19H,1-3H3/b26-17+. The van der Waals surface area contributed by atoms with Crippen LogP contribution in [0.15, 0.2) is 89.9 Å². The van der Waals surface area contributed by atoms with E-state index < -0.39 is 0 Å². The molecule has 3 aromatic heterocycles. The summed E-state index contributed by atoms with van der Waals surface area (Å²) in [6.07, 6.45) is 3.91. The van der Waals surface area contributed by atoms with Gasteiger partial charge in [0.25, 0.3) is 5.56 Å². The first-order valence-electron chi connectivity index (χ1n) is 12.4. The molecule has 38 heavy (non-hydrogen) atoms. The van der Waals surface area contributed by atoms with Crippen molar-refractivity contribution in [2.45, 2.75) is 26.9 Å². The predicted molar refractivity (Wildman–Crippen MR) is 151 cm³/mol. The number of benzene rings is 3. The molecule has 6 aromatic rings. The van der Waals surface area contributed by atoms with Gasteiger partial charge in [0.2, 0.25) is 4.96 Å². The van der Waals surface area contributed by atoms with Crippen molar-refractivity contribution in [3.8, 4) is 34.1 Å². The third kappa shape index (κ3) is 4.50. The molecule has 0 atom stereocenters. The quantitative estimate of drug-likeness (QED) is 0.298. The number of ether oxygens (including phenoxy) is 1. The van der Waals surface area contributed by atoms with Gasteiger partial charge >= 0.3 is 0 Å². The minimum absolute atomic E-state index is 0.0879. The van der Waals surface area contributed by atoms with Gasteiger partial charge in [0, 0.05) is 22.9 Å². The van der Waals surface area contributed by atoms with Gasteiger partial charge in [0.1, 0.15) is 11.4 Å². The van der Waals surface area contributed by atoms with Gasteiger partial charge < -0.3 is 4.74 Å². The van der Waals surface area contributed by atoms with Crippen molar-refractivity contribution in [1.82, 2.24) is 24.4 Å². The maximum absolute atomic E-state index is 13.3. The number of nitrogens with zero attached hydrogens (tertiary/aromatic N) is 5. The van der Waals surface area contributed by atoms with E-state index in [4.69, 9.17) is 9.84 Å². The average molecular weight is 520 g/mol. The van der Waals surface area contributed by atoms with E-state index in [-0.39, 0.29) is 11.7 Å². The Labute approximate surface area is 223 Å². The summed E-state index contributed by atoms with van der Waals surface area (Å²) >= 11 is 1.32. The van der Waals surface area contributed by atoms with Crippen molar-refractivity contribution >= 4 is 22.4 Å². The van der Waals surface area contributed by atoms with Crippen LogP contribution < -0.4 is 14.8 Å². The van der Waals surface area contributed by atoms with Crippen LogP contribution in [0.5, 0.6) is 5.75 Å². The summed E-state index contributed by atoms with van der Waals surface area (Å²) in [6, 6.07) is 25.6. The monoisotopic (exact) mass is 519 g/mol. The smallest absolute Gasteiger partial charge is 0.291 e. The van der Waals surface area contributed by atoms with Crippen LogP contribution in [0.4, 0.5) is 0 Å². The zero-order valence-electron chi connectivity index (χ0n) is 21.2. The zero-order valence-corrected chi connectivity index (χ0v) is 22.0. The molecule has 8 heteroatoms. The Kier molecular flexibility index (Phi) is 6.09. The summed E-state index contributed by atoms with van der Waals surface area (Å²) in [5.41, 5.74) is 5.18. The number of hydrogen-bond donors (Lipinski definition) is 0. The highest BCUT2D eigenvalue weighted by molar-refractivity contribution is 7.15. The maximum Gasteiger partial charge on any atom is 0.291 e. The van der Waals surface area contributed by atoms with Crippen molar-refractivity contribution in [2.75, 3.05) is 0 Å². The first kappa shape index (κ1) is 23.8. The normalized spacial score (nSPS) is 12.1. The highest BCUT2D eigenvalue weighted by Crippen LogP contribution is 2.29. The van der Waals surface area contributed by atoms with Gasteiger partial charge in [-0.05, 0) is 62.7 Å². The second-order valence-corrected chi connectivity index (χ2v) is 10.3. The van der Waals surface area contributed by atoms with E-state index in [0.717, 1.165) is 39.4 Å². The van der Waals surface area contributed by atoms with E-state index in [1.54, 1.807) is 0 Å². The Morgan fingerprint density at radius 2 is 1.66 bits per heavy atom. The Morgan fingerprint density at radius 1 is 0.921 bits per heavy atom. The van der Waals surface area contributed by atoms with Gasteiger partial charge in [-0.25, -0.2) is 4.68 Å². The number of thiazole rings is 1. The zero-order chi connectivity index (χ0) is 26.2. The number of aromatic nitrogens is 5. The summed E-state index contributed by atoms with van der Waals surface area (Å²) in [7, 11) is 0. The van der Waals surface area contributed by atoms with Crippen molar-refractivity contribution < 1.29 is 4.74 Å².